The van der Waals surface area contributed by atoms with Crippen LogP contribution >= 0.6 is 0 Å². The Bertz CT molecular complexity index is 422. The van der Waals surface area contributed by atoms with E-state index in [2.05, 4.69) is 0 Å². The Morgan fingerprint density at radius 1 is 1.17 bits per heavy atom. The summed E-state index contributed by atoms with van der Waals surface area (Å²) in [4.78, 5) is 12.1. The summed E-state index contributed by atoms with van der Waals surface area (Å²) in [5.74, 6) is 1.31. The van der Waals surface area contributed by atoms with E-state index in [1.807, 2.05) is 37.3 Å². The lowest BCUT2D eigenvalue weighted by Crippen LogP contribution is -2.38. The minimum absolute atomic E-state index is 0.0588. The van der Waals surface area contributed by atoms with Crippen molar-refractivity contribution in [1.29, 1.82) is 0 Å². The zero-order valence-corrected chi connectivity index (χ0v) is 10.8. The smallest absolute Gasteiger partial charge is 0.313 e. The maximum atomic E-state index is 12.1. The molecule has 2 heteroatoms. The second-order valence-corrected chi connectivity index (χ2v) is 5.69. The Morgan fingerprint density at radius 3 is 2.44 bits per heavy atom. The van der Waals surface area contributed by atoms with Crippen molar-refractivity contribution in [2.75, 3.05) is 0 Å². The Kier molecular flexibility index (Phi) is 3.11. The van der Waals surface area contributed by atoms with Gasteiger partial charge in [-0.15, -0.1) is 0 Å². The summed E-state index contributed by atoms with van der Waals surface area (Å²) in [6.45, 7) is 1.93. The molecule has 2 unspecified atom stereocenters. The van der Waals surface area contributed by atoms with E-state index in [1.165, 1.54) is 19.3 Å². The lowest BCUT2D eigenvalue weighted by molar-refractivity contribution is -0.160. The van der Waals surface area contributed by atoms with E-state index in [-0.39, 0.29) is 18.0 Å². The molecule has 0 spiro atoms. The topological polar surface area (TPSA) is 26.3 Å². The predicted octanol–water partition coefficient (Wildman–Crippen LogP) is 3.52. The lowest BCUT2D eigenvalue weighted by Gasteiger charge is -2.36. The van der Waals surface area contributed by atoms with Gasteiger partial charge in [0, 0.05) is 0 Å². The first kappa shape index (κ1) is 11.8. The van der Waals surface area contributed by atoms with Crippen LogP contribution < -0.4 is 0 Å². The van der Waals surface area contributed by atoms with Gasteiger partial charge in [-0.05, 0) is 50.0 Å². The zero-order chi connectivity index (χ0) is 12.5. The summed E-state index contributed by atoms with van der Waals surface area (Å²) < 4.78 is 5.68. The first-order valence-electron chi connectivity index (χ1n) is 7.01. The Labute approximate surface area is 108 Å². The number of carbonyl (C=O) groups excluding carboxylic acids is 1. The van der Waals surface area contributed by atoms with Gasteiger partial charge < -0.3 is 4.74 Å². The minimum atomic E-state index is -0.147. The average molecular weight is 244 g/mol. The maximum absolute atomic E-state index is 12.1. The number of carbonyl (C=O) groups is 1. The highest BCUT2D eigenvalue weighted by Crippen LogP contribution is 2.48. The summed E-state index contributed by atoms with van der Waals surface area (Å²) in [5.41, 5.74) is 1.05. The van der Waals surface area contributed by atoms with Crippen LogP contribution in [0.15, 0.2) is 30.3 Å². The molecule has 0 heterocycles. The van der Waals surface area contributed by atoms with E-state index in [4.69, 9.17) is 4.74 Å². The van der Waals surface area contributed by atoms with Gasteiger partial charge in [-0.2, -0.15) is 0 Å². The van der Waals surface area contributed by atoms with Crippen LogP contribution in [0.25, 0.3) is 0 Å². The molecule has 2 aliphatic rings. The second kappa shape index (κ2) is 4.75. The highest BCUT2D eigenvalue weighted by molar-refractivity contribution is 5.77. The minimum Gasteiger partial charge on any atom is -0.462 e. The summed E-state index contributed by atoms with van der Waals surface area (Å²) in [5, 5.41) is 0. The molecule has 0 bridgehead atoms. The summed E-state index contributed by atoms with van der Waals surface area (Å²) in [7, 11) is 0. The molecule has 0 saturated heterocycles. The van der Waals surface area contributed by atoms with Gasteiger partial charge >= 0.3 is 5.97 Å². The first-order chi connectivity index (χ1) is 8.75. The van der Waals surface area contributed by atoms with Crippen LogP contribution in [0.5, 0.6) is 0 Å². The van der Waals surface area contributed by atoms with Crippen LogP contribution in [0.2, 0.25) is 0 Å². The molecule has 0 aromatic heterocycles. The number of benzene rings is 1. The Hall–Kier alpha value is -1.31. The molecule has 96 valence electrons. The van der Waals surface area contributed by atoms with Crippen LogP contribution in [0.1, 0.15) is 44.1 Å². The predicted molar refractivity (Wildman–Crippen MR) is 70.2 cm³/mol. The molecule has 2 nitrogen and oxygen atoms in total. The van der Waals surface area contributed by atoms with E-state index >= 15 is 0 Å². The van der Waals surface area contributed by atoms with Crippen molar-refractivity contribution in [2.24, 2.45) is 11.8 Å². The van der Waals surface area contributed by atoms with Gasteiger partial charge in [-0.1, -0.05) is 30.3 Å². The van der Waals surface area contributed by atoms with Gasteiger partial charge in [0.1, 0.15) is 6.10 Å². The first-order valence-corrected chi connectivity index (χ1v) is 7.01. The molecular formula is C16H20O2. The maximum Gasteiger partial charge on any atom is 0.313 e. The fourth-order valence-corrected chi connectivity index (χ4v) is 2.83. The van der Waals surface area contributed by atoms with E-state index in [1.54, 1.807) is 0 Å². The third-order valence-corrected chi connectivity index (χ3v) is 4.41. The van der Waals surface area contributed by atoms with Gasteiger partial charge in [0.25, 0.3) is 0 Å². The molecule has 0 radical (unpaired) electrons. The molecular weight excluding hydrogens is 224 g/mol. The van der Waals surface area contributed by atoms with Crippen LogP contribution in [0.4, 0.5) is 0 Å². The van der Waals surface area contributed by atoms with Crippen molar-refractivity contribution >= 4 is 5.97 Å². The Morgan fingerprint density at radius 2 is 1.89 bits per heavy atom. The van der Waals surface area contributed by atoms with Crippen LogP contribution in [0, 0.1) is 11.8 Å². The van der Waals surface area contributed by atoms with Crippen LogP contribution in [-0.2, 0) is 9.53 Å². The summed E-state index contributed by atoms with van der Waals surface area (Å²) in [6.07, 6.45) is 5.20. The molecule has 2 aliphatic carbocycles. The third-order valence-electron chi connectivity index (χ3n) is 4.41. The molecule has 0 N–H and O–H groups in total. The third kappa shape index (κ3) is 2.29. The fourth-order valence-electron chi connectivity index (χ4n) is 2.83. The van der Waals surface area contributed by atoms with E-state index in [0.29, 0.717) is 5.92 Å². The van der Waals surface area contributed by atoms with Crippen molar-refractivity contribution in [3.05, 3.63) is 35.9 Å². The molecule has 0 aliphatic heterocycles. The molecule has 1 aromatic carbocycles. The molecule has 0 amide bonds. The molecule has 2 fully saturated rings. The number of esters is 1. The molecule has 3 atom stereocenters. The van der Waals surface area contributed by atoms with Gasteiger partial charge in [-0.3, -0.25) is 4.79 Å². The number of rotatable bonds is 4. The molecule has 18 heavy (non-hydrogen) atoms. The molecule has 2 saturated carbocycles. The van der Waals surface area contributed by atoms with E-state index in [9.17, 15) is 4.79 Å². The highest BCUT2D eigenvalue weighted by Gasteiger charge is 2.44. The lowest BCUT2D eigenvalue weighted by atomic mass is 9.78. The fraction of sp³-hybridized carbons (Fsp3) is 0.562. The summed E-state index contributed by atoms with van der Waals surface area (Å²) in [6, 6.07) is 9.89. The van der Waals surface area contributed by atoms with E-state index in [0.717, 1.165) is 17.9 Å². The van der Waals surface area contributed by atoms with E-state index < -0.39 is 0 Å². The van der Waals surface area contributed by atoms with Crippen molar-refractivity contribution < 1.29 is 9.53 Å². The zero-order valence-electron chi connectivity index (χ0n) is 10.8. The second-order valence-electron chi connectivity index (χ2n) is 5.69. The average Bonchev–Trinajstić information content (AvgIpc) is 3.19. The van der Waals surface area contributed by atoms with Crippen LogP contribution in [-0.4, -0.2) is 12.1 Å². The van der Waals surface area contributed by atoms with Gasteiger partial charge in [0.15, 0.2) is 0 Å². The van der Waals surface area contributed by atoms with Gasteiger partial charge in [-0.25, -0.2) is 0 Å². The highest BCUT2D eigenvalue weighted by atomic mass is 16.5. The normalized spacial score (nSPS) is 28.3. The quantitative estimate of drug-likeness (QED) is 0.757. The van der Waals surface area contributed by atoms with Crippen LogP contribution in [0.3, 0.4) is 0 Å². The standard InChI is InChI=1S/C16H20O2/c1-11(12-5-3-2-4-6-12)16(17)18-15-10-9-14(15)13-7-8-13/h2-6,11,13-15H,7-10H2,1H3/t11-,14?,15?/m0/s1. The van der Waals surface area contributed by atoms with Crippen molar-refractivity contribution in [2.45, 2.75) is 44.6 Å². The number of hydrogen-bond donors (Lipinski definition) is 0. The van der Waals surface area contributed by atoms with Gasteiger partial charge in [0.05, 0.1) is 5.92 Å². The summed E-state index contributed by atoms with van der Waals surface area (Å²) >= 11 is 0. The molecule has 1 aromatic rings. The Balaban J connectivity index is 1.58. The van der Waals surface area contributed by atoms with Gasteiger partial charge in [0.2, 0.25) is 0 Å². The number of ether oxygens (including phenoxy) is 1. The molecule has 3 rings (SSSR count). The number of hydrogen-bond acceptors (Lipinski definition) is 2. The SMILES string of the molecule is C[C@H](C(=O)OC1CCC1C1CC1)c1ccccc1. The van der Waals surface area contributed by atoms with Crippen molar-refractivity contribution in [3.63, 3.8) is 0 Å². The monoisotopic (exact) mass is 244 g/mol. The largest absolute Gasteiger partial charge is 0.462 e. The van der Waals surface area contributed by atoms with Crippen molar-refractivity contribution in [3.8, 4) is 0 Å². The van der Waals surface area contributed by atoms with Crippen molar-refractivity contribution in [1.82, 2.24) is 0 Å².